The fourth-order valence-electron chi connectivity index (χ4n) is 0.844. The molecule has 5 heteroatoms. The van der Waals surface area contributed by atoms with E-state index in [1.165, 1.54) is 6.07 Å². The van der Waals surface area contributed by atoms with Crippen LogP contribution >= 0.6 is 23.2 Å². The van der Waals surface area contributed by atoms with Crippen LogP contribution in [0.25, 0.3) is 0 Å². The number of alkyl halides is 3. The Balaban J connectivity index is 2.94. The van der Waals surface area contributed by atoms with E-state index in [0.29, 0.717) is 10.6 Å². The van der Waals surface area contributed by atoms with Crippen molar-refractivity contribution in [2.45, 2.75) is 12.5 Å². The van der Waals surface area contributed by atoms with E-state index in [4.69, 9.17) is 23.2 Å². The first-order valence-corrected chi connectivity index (χ1v) is 4.34. The Morgan fingerprint density at radius 2 is 2.08 bits per heavy atom. The van der Waals surface area contributed by atoms with Crippen molar-refractivity contribution in [3.05, 3.63) is 28.8 Å². The summed E-state index contributed by atoms with van der Waals surface area (Å²) in [6.07, 6.45) is 0. The first kappa shape index (κ1) is 10.5. The molecule has 0 N–H and O–H groups in total. The molecule has 1 nitrogen and oxygen atoms in total. The van der Waals surface area contributed by atoms with Gasteiger partial charge >= 0.3 is 6.61 Å². The average molecular weight is 227 g/mol. The molecule has 0 fully saturated rings. The highest BCUT2D eigenvalue weighted by atomic mass is 35.5. The van der Waals surface area contributed by atoms with E-state index in [2.05, 4.69) is 4.74 Å². The van der Waals surface area contributed by atoms with Gasteiger partial charge in [-0.2, -0.15) is 8.78 Å². The Hall–Kier alpha value is -0.540. The number of hydrogen-bond acceptors (Lipinski definition) is 1. The molecule has 0 atom stereocenters. The van der Waals surface area contributed by atoms with Crippen molar-refractivity contribution in [1.82, 2.24) is 0 Å². The number of rotatable bonds is 3. The largest absolute Gasteiger partial charge is 0.434 e. The van der Waals surface area contributed by atoms with Crippen LogP contribution in [-0.4, -0.2) is 6.61 Å². The second-order valence-corrected chi connectivity index (χ2v) is 2.97. The fourth-order valence-corrected chi connectivity index (χ4v) is 1.23. The smallest absolute Gasteiger partial charge is 0.387 e. The first-order chi connectivity index (χ1) is 6.13. The van der Waals surface area contributed by atoms with Gasteiger partial charge in [0.05, 0.1) is 5.88 Å². The molecular formula is C8H6Cl2F2O. The third-order valence-electron chi connectivity index (χ3n) is 1.39. The van der Waals surface area contributed by atoms with E-state index in [1.807, 2.05) is 0 Å². The normalized spacial score (nSPS) is 10.5. The SMILES string of the molecule is FC(F)Oc1cc(Cl)ccc1CCl. The van der Waals surface area contributed by atoms with Crippen molar-refractivity contribution in [1.29, 1.82) is 0 Å². The number of benzene rings is 1. The molecule has 1 aromatic rings. The second kappa shape index (κ2) is 4.63. The summed E-state index contributed by atoms with van der Waals surface area (Å²) in [7, 11) is 0. The molecule has 0 spiro atoms. The summed E-state index contributed by atoms with van der Waals surface area (Å²) < 4.78 is 27.9. The van der Waals surface area contributed by atoms with Gasteiger partial charge < -0.3 is 4.74 Å². The predicted molar refractivity (Wildman–Crippen MR) is 47.6 cm³/mol. The lowest BCUT2D eigenvalue weighted by Crippen LogP contribution is -2.03. The van der Waals surface area contributed by atoms with Crippen LogP contribution < -0.4 is 4.74 Å². The molecular weight excluding hydrogens is 221 g/mol. The van der Waals surface area contributed by atoms with Crippen LogP contribution in [0.1, 0.15) is 5.56 Å². The monoisotopic (exact) mass is 226 g/mol. The second-order valence-electron chi connectivity index (χ2n) is 2.26. The van der Waals surface area contributed by atoms with E-state index in [-0.39, 0.29) is 11.6 Å². The molecule has 0 heterocycles. The van der Waals surface area contributed by atoms with Gasteiger partial charge in [-0.25, -0.2) is 0 Å². The minimum absolute atomic E-state index is 0.0255. The third-order valence-corrected chi connectivity index (χ3v) is 1.91. The lowest BCUT2D eigenvalue weighted by atomic mass is 10.2. The van der Waals surface area contributed by atoms with E-state index < -0.39 is 6.61 Å². The van der Waals surface area contributed by atoms with Crippen LogP contribution in [0.15, 0.2) is 18.2 Å². The maximum Gasteiger partial charge on any atom is 0.387 e. The molecule has 13 heavy (non-hydrogen) atoms. The van der Waals surface area contributed by atoms with Gasteiger partial charge in [0.1, 0.15) is 5.75 Å². The van der Waals surface area contributed by atoms with Crippen LogP contribution in [-0.2, 0) is 5.88 Å². The van der Waals surface area contributed by atoms with Gasteiger partial charge in [0.15, 0.2) is 0 Å². The van der Waals surface area contributed by atoms with Gasteiger partial charge in [0.2, 0.25) is 0 Å². The van der Waals surface area contributed by atoms with Gasteiger partial charge in [0, 0.05) is 10.6 Å². The van der Waals surface area contributed by atoms with Crippen molar-refractivity contribution >= 4 is 23.2 Å². The van der Waals surface area contributed by atoms with E-state index in [9.17, 15) is 8.78 Å². The lowest BCUT2D eigenvalue weighted by molar-refractivity contribution is -0.0503. The van der Waals surface area contributed by atoms with E-state index in [1.54, 1.807) is 12.1 Å². The highest BCUT2D eigenvalue weighted by Gasteiger charge is 2.09. The van der Waals surface area contributed by atoms with Crippen molar-refractivity contribution in [2.24, 2.45) is 0 Å². The Morgan fingerprint density at radius 3 is 2.62 bits per heavy atom. The van der Waals surface area contributed by atoms with Crippen LogP contribution in [0, 0.1) is 0 Å². The Morgan fingerprint density at radius 1 is 1.38 bits per heavy atom. The minimum Gasteiger partial charge on any atom is -0.434 e. The maximum atomic E-state index is 11.9. The molecule has 0 saturated carbocycles. The van der Waals surface area contributed by atoms with Gasteiger partial charge in [-0.1, -0.05) is 17.7 Å². The van der Waals surface area contributed by atoms with Gasteiger partial charge in [0.25, 0.3) is 0 Å². The highest BCUT2D eigenvalue weighted by Crippen LogP contribution is 2.26. The summed E-state index contributed by atoms with van der Waals surface area (Å²) in [5, 5.41) is 0.338. The van der Waals surface area contributed by atoms with Crippen LogP contribution in [0.4, 0.5) is 8.78 Å². The molecule has 0 radical (unpaired) electrons. The summed E-state index contributed by atoms with van der Waals surface area (Å²) in [5.41, 5.74) is 0.492. The molecule has 1 aromatic carbocycles. The molecule has 0 unspecified atom stereocenters. The zero-order valence-electron chi connectivity index (χ0n) is 6.44. The Labute approximate surface area is 84.2 Å². The van der Waals surface area contributed by atoms with Crippen LogP contribution in [0.3, 0.4) is 0 Å². The molecule has 0 aliphatic carbocycles. The molecule has 0 aliphatic rings. The Bertz CT molecular complexity index is 291. The topological polar surface area (TPSA) is 9.23 Å². The van der Waals surface area contributed by atoms with Crippen molar-refractivity contribution in [2.75, 3.05) is 0 Å². The average Bonchev–Trinajstić information content (AvgIpc) is 2.03. The molecule has 0 bridgehead atoms. The van der Waals surface area contributed by atoms with Crippen molar-refractivity contribution < 1.29 is 13.5 Å². The summed E-state index contributed by atoms with van der Waals surface area (Å²) in [4.78, 5) is 0. The predicted octanol–water partition coefficient (Wildman–Crippen LogP) is 3.68. The molecule has 0 aromatic heterocycles. The fraction of sp³-hybridized carbons (Fsp3) is 0.250. The number of halogens is 4. The highest BCUT2D eigenvalue weighted by molar-refractivity contribution is 6.30. The summed E-state index contributed by atoms with van der Waals surface area (Å²) in [5.74, 6) is 0.136. The summed E-state index contributed by atoms with van der Waals surface area (Å²) in [6.45, 7) is -2.86. The van der Waals surface area contributed by atoms with Gasteiger partial charge in [-0.15, -0.1) is 11.6 Å². The van der Waals surface area contributed by atoms with Gasteiger partial charge in [-0.05, 0) is 12.1 Å². The van der Waals surface area contributed by atoms with Crippen LogP contribution in [0.5, 0.6) is 5.75 Å². The van der Waals surface area contributed by atoms with Crippen molar-refractivity contribution in [3.63, 3.8) is 0 Å². The molecule has 0 amide bonds. The summed E-state index contributed by atoms with van der Waals surface area (Å²) in [6, 6.07) is 4.43. The van der Waals surface area contributed by atoms with Crippen LogP contribution in [0.2, 0.25) is 5.02 Å². The van der Waals surface area contributed by atoms with Crippen molar-refractivity contribution in [3.8, 4) is 5.75 Å². The third kappa shape index (κ3) is 3.01. The molecule has 0 aliphatic heterocycles. The van der Waals surface area contributed by atoms with E-state index in [0.717, 1.165) is 0 Å². The Kier molecular flexibility index (Phi) is 3.75. The lowest BCUT2D eigenvalue weighted by Gasteiger charge is -2.08. The van der Waals surface area contributed by atoms with E-state index >= 15 is 0 Å². The standard InChI is InChI=1S/C8H6Cl2F2O/c9-4-5-1-2-6(10)3-7(5)13-8(11)12/h1-3,8H,4H2. The molecule has 0 saturated heterocycles. The number of hydrogen-bond donors (Lipinski definition) is 0. The molecule has 72 valence electrons. The maximum absolute atomic E-state index is 11.9. The zero-order valence-corrected chi connectivity index (χ0v) is 7.95. The quantitative estimate of drug-likeness (QED) is 0.715. The number of ether oxygens (including phenoxy) is 1. The first-order valence-electron chi connectivity index (χ1n) is 3.42. The zero-order chi connectivity index (χ0) is 9.84. The minimum atomic E-state index is -2.86. The molecule has 1 rings (SSSR count). The van der Waals surface area contributed by atoms with Gasteiger partial charge in [-0.3, -0.25) is 0 Å². The summed E-state index contributed by atoms with van der Waals surface area (Å²) >= 11 is 11.1.